The fraction of sp³-hybridized carbons (Fsp3) is 0.600. The molecule has 0 saturated carbocycles. The van der Waals surface area contributed by atoms with Crippen molar-refractivity contribution in [2.45, 2.75) is 72.0 Å². The van der Waals surface area contributed by atoms with Gasteiger partial charge in [-0.2, -0.15) is 0 Å². The monoisotopic (exact) mass is 334 g/mol. The van der Waals surface area contributed by atoms with Gasteiger partial charge in [0.2, 0.25) is 0 Å². The number of carbonyl (C=O) groups excluding carboxylic acids is 2. The first-order chi connectivity index (χ1) is 11.0. The SMILES string of the molecule is CC(C)=CC(=O)[C@H](O)/C(C)=C/CC[C@](C)(O)[C@H]1CCC(C)=CC1=O. The quantitative estimate of drug-likeness (QED) is 0.553. The lowest BCUT2D eigenvalue weighted by Crippen LogP contribution is -2.40. The summed E-state index contributed by atoms with van der Waals surface area (Å²) >= 11 is 0. The van der Waals surface area contributed by atoms with Gasteiger partial charge in [-0.25, -0.2) is 0 Å². The standard InChI is InChI=1S/C20H30O4/c1-13(2)11-18(22)19(23)15(4)7-6-10-20(5,24)16-9-8-14(3)12-17(16)21/h7,11-12,16,19,23-24H,6,8-10H2,1-5H3/b15-7+/t16-,19+,20-/m0/s1. The normalized spacial score (nSPS) is 22.5. The van der Waals surface area contributed by atoms with Crippen LogP contribution in [0.1, 0.15) is 60.3 Å². The van der Waals surface area contributed by atoms with Gasteiger partial charge in [0, 0.05) is 0 Å². The summed E-state index contributed by atoms with van der Waals surface area (Å²) in [6, 6.07) is 0. The highest BCUT2D eigenvalue weighted by Gasteiger charge is 2.37. The van der Waals surface area contributed by atoms with Gasteiger partial charge >= 0.3 is 0 Å². The third-order valence-electron chi connectivity index (χ3n) is 4.56. The van der Waals surface area contributed by atoms with E-state index in [1.807, 2.05) is 6.92 Å². The summed E-state index contributed by atoms with van der Waals surface area (Å²) in [5.74, 6) is -0.728. The number of aliphatic hydroxyl groups excluding tert-OH is 1. The van der Waals surface area contributed by atoms with Crippen LogP contribution in [0.2, 0.25) is 0 Å². The fourth-order valence-electron chi connectivity index (χ4n) is 3.01. The summed E-state index contributed by atoms with van der Waals surface area (Å²) in [6.07, 6.45) is 6.09. The van der Waals surface area contributed by atoms with Crippen LogP contribution in [0, 0.1) is 5.92 Å². The molecule has 134 valence electrons. The van der Waals surface area contributed by atoms with Gasteiger partial charge in [0.25, 0.3) is 0 Å². The Labute approximate surface area is 145 Å². The van der Waals surface area contributed by atoms with E-state index in [1.54, 1.807) is 39.8 Å². The maximum atomic E-state index is 12.1. The summed E-state index contributed by atoms with van der Waals surface area (Å²) in [5, 5.41) is 20.7. The Hall–Kier alpha value is -1.52. The molecule has 1 aliphatic rings. The van der Waals surface area contributed by atoms with Crippen molar-refractivity contribution < 1.29 is 19.8 Å². The van der Waals surface area contributed by atoms with Gasteiger partial charge in [-0.1, -0.05) is 17.2 Å². The van der Waals surface area contributed by atoms with E-state index < -0.39 is 11.7 Å². The van der Waals surface area contributed by atoms with Gasteiger partial charge in [0.1, 0.15) is 6.10 Å². The predicted molar refractivity (Wildman–Crippen MR) is 95.5 cm³/mol. The van der Waals surface area contributed by atoms with Gasteiger partial charge in [0.05, 0.1) is 11.5 Å². The molecule has 2 N–H and O–H groups in total. The Morgan fingerprint density at radius 2 is 2.04 bits per heavy atom. The second-order valence-corrected chi connectivity index (χ2v) is 7.35. The molecule has 24 heavy (non-hydrogen) atoms. The van der Waals surface area contributed by atoms with Crippen molar-refractivity contribution in [3.63, 3.8) is 0 Å². The Morgan fingerprint density at radius 1 is 1.42 bits per heavy atom. The van der Waals surface area contributed by atoms with Crippen LogP contribution < -0.4 is 0 Å². The zero-order valence-electron chi connectivity index (χ0n) is 15.4. The molecule has 3 atom stereocenters. The highest BCUT2D eigenvalue weighted by Crippen LogP contribution is 2.32. The van der Waals surface area contributed by atoms with Crippen molar-refractivity contribution in [2.24, 2.45) is 5.92 Å². The lowest BCUT2D eigenvalue weighted by molar-refractivity contribution is -0.128. The van der Waals surface area contributed by atoms with E-state index in [1.165, 1.54) is 6.08 Å². The molecule has 0 bridgehead atoms. The summed E-state index contributed by atoms with van der Waals surface area (Å²) in [4.78, 5) is 23.9. The first kappa shape index (κ1) is 20.5. The first-order valence-electron chi connectivity index (χ1n) is 8.51. The maximum Gasteiger partial charge on any atom is 0.188 e. The van der Waals surface area contributed by atoms with Crippen molar-refractivity contribution >= 4 is 11.6 Å². The number of hydrogen-bond donors (Lipinski definition) is 2. The molecule has 0 spiro atoms. The lowest BCUT2D eigenvalue weighted by atomic mass is 9.75. The maximum absolute atomic E-state index is 12.1. The predicted octanol–water partition coefficient (Wildman–Crippen LogP) is 3.29. The first-order valence-corrected chi connectivity index (χ1v) is 8.51. The molecule has 0 aromatic carbocycles. The minimum Gasteiger partial charge on any atom is -0.389 e. The Balaban J connectivity index is 2.66. The second kappa shape index (κ2) is 8.54. The van der Waals surface area contributed by atoms with E-state index in [4.69, 9.17) is 0 Å². The molecular weight excluding hydrogens is 304 g/mol. The largest absolute Gasteiger partial charge is 0.389 e. The minimum atomic E-state index is -1.15. The van der Waals surface area contributed by atoms with Crippen molar-refractivity contribution in [3.8, 4) is 0 Å². The zero-order valence-corrected chi connectivity index (χ0v) is 15.4. The van der Waals surface area contributed by atoms with E-state index in [0.717, 1.165) is 17.6 Å². The molecule has 0 unspecified atom stereocenters. The second-order valence-electron chi connectivity index (χ2n) is 7.35. The highest BCUT2D eigenvalue weighted by atomic mass is 16.3. The molecule has 0 radical (unpaired) electrons. The molecule has 1 aliphatic carbocycles. The Bertz CT molecular complexity index is 574. The van der Waals surface area contributed by atoms with E-state index in [2.05, 4.69) is 0 Å². The molecule has 0 aromatic heterocycles. The fourth-order valence-corrected chi connectivity index (χ4v) is 3.01. The summed E-state index contributed by atoms with van der Waals surface area (Å²) < 4.78 is 0. The summed E-state index contributed by atoms with van der Waals surface area (Å²) in [5.41, 5.74) is 1.39. The van der Waals surface area contributed by atoms with Crippen molar-refractivity contribution in [1.29, 1.82) is 0 Å². The molecule has 0 heterocycles. The third-order valence-corrected chi connectivity index (χ3v) is 4.56. The number of allylic oxidation sites excluding steroid dienone is 4. The number of ketones is 2. The molecule has 0 aliphatic heterocycles. The van der Waals surface area contributed by atoms with Gasteiger partial charge in [-0.15, -0.1) is 0 Å². The molecule has 0 saturated heterocycles. The number of hydrogen-bond acceptors (Lipinski definition) is 4. The van der Waals surface area contributed by atoms with Crippen LogP contribution in [-0.4, -0.2) is 33.5 Å². The van der Waals surface area contributed by atoms with Gasteiger partial charge in [-0.3, -0.25) is 9.59 Å². The molecule has 0 fully saturated rings. The van der Waals surface area contributed by atoms with Crippen LogP contribution in [0.4, 0.5) is 0 Å². The van der Waals surface area contributed by atoms with Gasteiger partial charge < -0.3 is 10.2 Å². The van der Waals surface area contributed by atoms with Crippen LogP contribution in [-0.2, 0) is 9.59 Å². The van der Waals surface area contributed by atoms with Crippen molar-refractivity contribution in [2.75, 3.05) is 0 Å². The number of carbonyl (C=O) groups is 2. The average molecular weight is 334 g/mol. The third kappa shape index (κ3) is 5.84. The van der Waals surface area contributed by atoms with E-state index in [9.17, 15) is 19.8 Å². The smallest absolute Gasteiger partial charge is 0.188 e. The lowest BCUT2D eigenvalue weighted by Gasteiger charge is -2.33. The van der Waals surface area contributed by atoms with Gasteiger partial charge in [0.15, 0.2) is 11.6 Å². The van der Waals surface area contributed by atoms with Crippen molar-refractivity contribution in [3.05, 3.63) is 34.9 Å². The minimum absolute atomic E-state index is 0.0109. The highest BCUT2D eigenvalue weighted by molar-refractivity contribution is 5.96. The molecular formula is C20H30O4. The topological polar surface area (TPSA) is 74.6 Å². The Morgan fingerprint density at radius 3 is 2.58 bits per heavy atom. The van der Waals surface area contributed by atoms with Crippen LogP contribution >= 0.6 is 0 Å². The number of aliphatic hydroxyl groups is 2. The molecule has 4 nitrogen and oxygen atoms in total. The van der Waals surface area contributed by atoms with E-state index in [0.29, 0.717) is 24.8 Å². The van der Waals surface area contributed by atoms with Crippen LogP contribution in [0.3, 0.4) is 0 Å². The van der Waals surface area contributed by atoms with Gasteiger partial charge in [-0.05, 0) is 78.0 Å². The van der Waals surface area contributed by atoms with Crippen LogP contribution in [0.15, 0.2) is 34.9 Å². The molecule has 1 rings (SSSR count). The van der Waals surface area contributed by atoms with Crippen LogP contribution in [0.5, 0.6) is 0 Å². The number of rotatable bonds is 7. The Kier molecular flexibility index (Phi) is 7.30. The zero-order chi connectivity index (χ0) is 18.5. The molecule has 0 amide bonds. The summed E-state index contributed by atoms with van der Waals surface area (Å²) in [7, 11) is 0. The molecule has 4 heteroatoms. The van der Waals surface area contributed by atoms with E-state index in [-0.39, 0.29) is 17.5 Å². The van der Waals surface area contributed by atoms with Crippen LogP contribution in [0.25, 0.3) is 0 Å². The van der Waals surface area contributed by atoms with Crippen molar-refractivity contribution in [1.82, 2.24) is 0 Å². The van der Waals surface area contributed by atoms with E-state index >= 15 is 0 Å². The average Bonchev–Trinajstić information content (AvgIpc) is 2.44. The summed E-state index contributed by atoms with van der Waals surface area (Å²) in [6.45, 7) is 8.93. The molecule has 0 aromatic rings.